The van der Waals surface area contributed by atoms with Crippen LogP contribution in [0.2, 0.25) is 18.1 Å². The normalized spacial score (nSPS) is 20.1. The Labute approximate surface area is 221 Å². The minimum absolute atomic E-state index is 0.122. The van der Waals surface area contributed by atoms with Crippen LogP contribution in [-0.4, -0.2) is 33.4 Å². The van der Waals surface area contributed by atoms with Crippen molar-refractivity contribution in [2.45, 2.75) is 61.9 Å². The maximum atomic E-state index is 12.5. The van der Waals surface area contributed by atoms with E-state index >= 15 is 0 Å². The first-order valence-corrected chi connectivity index (χ1v) is 16.3. The number of fused-ring (bicyclic) bond motifs is 1. The second-order valence-corrected chi connectivity index (χ2v) is 16.9. The predicted molar refractivity (Wildman–Crippen MR) is 151 cm³/mol. The lowest BCUT2D eigenvalue weighted by Crippen LogP contribution is -2.40. The van der Waals surface area contributed by atoms with Crippen LogP contribution in [0.4, 0.5) is 0 Å². The van der Waals surface area contributed by atoms with Gasteiger partial charge >= 0.3 is 0 Å². The molecule has 0 spiro atoms. The van der Waals surface area contributed by atoms with Crippen LogP contribution in [0, 0.1) is 0 Å². The van der Waals surface area contributed by atoms with Crippen LogP contribution >= 0.6 is 11.8 Å². The molecule has 2 unspecified atom stereocenters. The Morgan fingerprint density at radius 1 is 0.917 bits per heavy atom. The van der Waals surface area contributed by atoms with E-state index in [9.17, 15) is 5.11 Å². The standard InChI is InChI=1S/C30H38O4SSi/c1-29(2,3)36(6,7)34-19-21-8-12-23(13-9-21)30(31)26-17-16-25(33-5)18-28(26)35-20-27(30)22-10-14-24(32-4)15-11-22/h8-18,27,31H,19-20H2,1-7H3. The van der Waals surface area contributed by atoms with Crippen LogP contribution in [0.1, 0.15) is 48.9 Å². The van der Waals surface area contributed by atoms with Gasteiger partial charge in [-0.25, -0.2) is 0 Å². The Balaban J connectivity index is 1.71. The third kappa shape index (κ3) is 5.10. The highest BCUT2D eigenvalue weighted by molar-refractivity contribution is 7.99. The van der Waals surface area contributed by atoms with Gasteiger partial charge in [-0.1, -0.05) is 63.2 Å². The Morgan fingerprint density at radius 2 is 1.53 bits per heavy atom. The first kappa shape index (κ1) is 26.8. The number of thioether (sulfide) groups is 1. The quantitative estimate of drug-likeness (QED) is 0.329. The summed E-state index contributed by atoms with van der Waals surface area (Å²) in [7, 11) is 1.50. The molecular weight excluding hydrogens is 484 g/mol. The molecule has 0 saturated carbocycles. The molecule has 0 amide bonds. The van der Waals surface area contributed by atoms with Crippen molar-refractivity contribution >= 4 is 20.1 Å². The summed E-state index contributed by atoms with van der Waals surface area (Å²) in [5.74, 6) is 2.23. The topological polar surface area (TPSA) is 47.9 Å². The Kier molecular flexibility index (Phi) is 7.63. The molecule has 1 heterocycles. The number of rotatable bonds is 7. The van der Waals surface area contributed by atoms with Gasteiger partial charge in [-0.3, -0.25) is 0 Å². The third-order valence-corrected chi connectivity index (χ3v) is 13.5. The summed E-state index contributed by atoms with van der Waals surface area (Å²) in [6.45, 7) is 11.9. The Hall–Kier alpha value is -2.25. The molecule has 4 nitrogen and oxygen atoms in total. The molecule has 4 rings (SSSR count). The Bertz CT molecular complexity index is 1190. The number of aliphatic hydroxyl groups is 1. The van der Waals surface area contributed by atoms with E-state index in [4.69, 9.17) is 13.9 Å². The summed E-state index contributed by atoms with van der Waals surface area (Å²) < 4.78 is 17.3. The molecule has 0 aliphatic carbocycles. The van der Waals surface area contributed by atoms with E-state index in [0.717, 1.165) is 44.4 Å². The summed E-state index contributed by atoms with van der Waals surface area (Å²) in [6, 6.07) is 22.3. The molecule has 36 heavy (non-hydrogen) atoms. The lowest BCUT2D eigenvalue weighted by Gasteiger charge is -2.42. The minimum atomic E-state index is -1.84. The molecule has 3 aromatic rings. The zero-order valence-corrected chi connectivity index (χ0v) is 24.2. The van der Waals surface area contributed by atoms with Crippen molar-refractivity contribution in [2.75, 3.05) is 20.0 Å². The van der Waals surface area contributed by atoms with Gasteiger partial charge < -0.3 is 19.0 Å². The zero-order chi connectivity index (χ0) is 26.1. The Morgan fingerprint density at radius 3 is 2.11 bits per heavy atom. The minimum Gasteiger partial charge on any atom is -0.497 e. The van der Waals surface area contributed by atoms with E-state index in [1.807, 2.05) is 30.3 Å². The zero-order valence-electron chi connectivity index (χ0n) is 22.4. The molecule has 0 saturated heterocycles. The highest BCUT2D eigenvalue weighted by Crippen LogP contribution is 2.52. The molecule has 0 bridgehead atoms. The van der Waals surface area contributed by atoms with Gasteiger partial charge in [0.25, 0.3) is 0 Å². The highest BCUT2D eigenvalue weighted by Gasteiger charge is 2.45. The van der Waals surface area contributed by atoms with Crippen molar-refractivity contribution in [2.24, 2.45) is 0 Å². The molecule has 6 heteroatoms. The fourth-order valence-corrected chi connectivity index (χ4v) is 6.73. The number of ether oxygens (including phenoxy) is 2. The lowest BCUT2D eigenvalue weighted by atomic mass is 9.73. The monoisotopic (exact) mass is 522 g/mol. The first-order chi connectivity index (χ1) is 17.0. The van der Waals surface area contributed by atoms with Crippen molar-refractivity contribution in [3.63, 3.8) is 0 Å². The first-order valence-electron chi connectivity index (χ1n) is 12.4. The van der Waals surface area contributed by atoms with E-state index in [2.05, 4.69) is 70.3 Å². The van der Waals surface area contributed by atoms with Gasteiger partial charge in [0, 0.05) is 22.1 Å². The smallest absolute Gasteiger partial charge is 0.192 e. The summed E-state index contributed by atoms with van der Waals surface area (Å²) >= 11 is 1.76. The highest BCUT2D eigenvalue weighted by atomic mass is 32.2. The van der Waals surface area contributed by atoms with Crippen molar-refractivity contribution in [3.05, 3.63) is 89.0 Å². The maximum Gasteiger partial charge on any atom is 0.192 e. The average molecular weight is 523 g/mol. The SMILES string of the molecule is COc1ccc(C2CSc3cc(OC)ccc3C2(O)c2ccc(CO[Si](C)(C)C(C)(C)C)cc2)cc1. The lowest BCUT2D eigenvalue weighted by molar-refractivity contribution is 0.0522. The molecular formula is C30H38O4SSi. The van der Waals surface area contributed by atoms with Crippen molar-refractivity contribution < 1.29 is 19.0 Å². The fraction of sp³-hybridized carbons (Fsp3) is 0.400. The summed E-state index contributed by atoms with van der Waals surface area (Å²) in [5.41, 5.74) is 2.81. The van der Waals surface area contributed by atoms with E-state index in [0.29, 0.717) is 6.61 Å². The molecule has 1 N–H and O–H groups in total. The van der Waals surface area contributed by atoms with Crippen LogP contribution in [0.5, 0.6) is 11.5 Å². The number of benzene rings is 3. The van der Waals surface area contributed by atoms with Crippen molar-refractivity contribution in [1.29, 1.82) is 0 Å². The van der Waals surface area contributed by atoms with Crippen LogP contribution in [0.25, 0.3) is 0 Å². The van der Waals surface area contributed by atoms with E-state index in [-0.39, 0.29) is 11.0 Å². The van der Waals surface area contributed by atoms with Gasteiger partial charge in [-0.05, 0) is 59.1 Å². The maximum absolute atomic E-state index is 12.5. The van der Waals surface area contributed by atoms with E-state index in [1.165, 1.54) is 0 Å². The van der Waals surface area contributed by atoms with Crippen LogP contribution < -0.4 is 9.47 Å². The van der Waals surface area contributed by atoms with Crippen molar-refractivity contribution in [3.8, 4) is 11.5 Å². The van der Waals surface area contributed by atoms with Gasteiger partial charge in [-0.2, -0.15) is 0 Å². The van der Waals surface area contributed by atoms with Gasteiger partial charge in [0.2, 0.25) is 0 Å². The summed E-state index contributed by atoms with van der Waals surface area (Å²) in [5, 5.41) is 12.7. The van der Waals surface area contributed by atoms with Crippen LogP contribution in [0.15, 0.2) is 71.6 Å². The van der Waals surface area contributed by atoms with Crippen LogP contribution in [-0.2, 0) is 16.6 Å². The van der Waals surface area contributed by atoms with Gasteiger partial charge in [0.05, 0.1) is 20.8 Å². The van der Waals surface area contributed by atoms with Crippen molar-refractivity contribution in [1.82, 2.24) is 0 Å². The summed E-state index contributed by atoms with van der Waals surface area (Å²) in [6.07, 6.45) is 0. The van der Waals surface area contributed by atoms with E-state index < -0.39 is 13.9 Å². The molecule has 2 atom stereocenters. The molecule has 1 aliphatic heterocycles. The number of methoxy groups -OCH3 is 2. The fourth-order valence-electron chi connectivity index (χ4n) is 4.41. The van der Waals surface area contributed by atoms with Gasteiger partial charge in [0.1, 0.15) is 17.1 Å². The third-order valence-electron chi connectivity index (χ3n) is 7.83. The average Bonchev–Trinajstić information content (AvgIpc) is 2.87. The van der Waals surface area contributed by atoms with Gasteiger partial charge in [0.15, 0.2) is 8.32 Å². The predicted octanol–water partition coefficient (Wildman–Crippen LogP) is 7.35. The number of hydrogen-bond donors (Lipinski definition) is 1. The molecule has 3 aromatic carbocycles. The molecule has 1 aliphatic rings. The molecule has 0 aromatic heterocycles. The van der Waals surface area contributed by atoms with E-state index in [1.54, 1.807) is 26.0 Å². The second-order valence-electron chi connectivity index (χ2n) is 11.0. The molecule has 0 fully saturated rings. The largest absolute Gasteiger partial charge is 0.497 e. The summed E-state index contributed by atoms with van der Waals surface area (Å²) in [4.78, 5) is 1.05. The van der Waals surface area contributed by atoms with Gasteiger partial charge in [-0.15, -0.1) is 11.8 Å². The second kappa shape index (κ2) is 10.2. The number of hydrogen-bond acceptors (Lipinski definition) is 5. The molecule has 192 valence electrons. The molecule has 0 radical (unpaired) electrons. The van der Waals surface area contributed by atoms with Crippen LogP contribution in [0.3, 0.4) is 0 Å².